The number of hydrogen-bond donors (Lipinski definition) is 2. The van der Waals surface area contributed by atoms with Crippen molar-refractivity contribution in [3.8, 4) is 5.75 Å². The summed E-state index contributed by atoms with van der Waals surface area (Å²) in [6.45, 7) is 1.91. The normalized spacial score (nSPS) is 9.94. The average molecular weight is 228 g/mol. The van der Waals surface area contributed by atoms with Crippen LogP contribution in [0.15, 0.2) is 42.6 Å². The molecular formula is C13H12N2O2. The van der Waals surface area contributed by atoms with Crippen LogP contribution >= 0.6 is 0 Å². The van der Waals surface area contributed by atoms with Gasteiger partial charge in [0.05, 0.1) is 5.56 Å². The highest BCUT2D eigenvalue weighted by molar-refractivity contribution is 6.05. The van der Waals surface area contributed by atoms with Crippen molar-refractivity contribution in [2.45, 2.75) is 6.92 Å². The molecule has 1 aromatic carbocycles. The molecule has 4 heteroatoms. The van der Waals surface area contributed by atoms with Gasteiger partial charge in [-0.1, -0.05) is 12.1 Å². The van der Waals surface area contributed by atoms with E-state index in [2.05, 4.69) is 10.3 Å². The Kier molecular flexibility index (Phi) is 3.05. The molecule has 2 N–H and O–H groups in total. The number of rotatable bonds is 2. The van der Waals surface area contributed by atoms with E-state index >= 15 is 0 Å². The zero-order valence-electron chi connectivity index (χ0n) is 9.34. The number of pyridine rings is 1. The number of para-hydroxylation sites is 1. The number of aryl methyl sites for hydroxylation is 1. The Bertz CT molecular complexity index is 553. The molecular weight excluding hydrogens is 216 g/mol. The summed E-state index contributed by atoms with van der Waals surface area (Å²) >= 11 is 0. The summed E-state index contributed by atoms with van der Waals surface area (Å²) in [5.74, 6) is 0.0529. The maximum atomic E-state index is 11.8. The SMILES string of the molecule is Cc1ccnc(NC(=O)c2ccccc2O)c1. The smallest absolute Gasteiger partial charge is 0.260 e. The van der Waals surface area contributed by atoms with Crippen LogP contribution in [0, 0.1) is 6.92 Å². The molecule has 0 aliphatic carbocycles. The number of nitrogens with zero attached hydrogens (tertiary/aromatic N) is 1. The number of aromatic hydroxyl groups is 1. The minimum absolute atomic E-state index is 0.0438. The highest BCUT2D eigenvalue weighted by Crippen LogP contribution is 2.17. The quantitative estimate of drug-likeness (QED) is 0.829. The lowest BCUT2D eigenvalue weighted by Gasteiger charge is -2.06. The second-order valence-electron chi connectivity index (χ2n) is 3.69. The molecule has 0 aliphatic heterocycles. The van der Waals surface area contributed by atoms with E-state index in [1.54, 1.807) is 30.5 Å². The van der Waals surface area contributed by atoms with Gasteiger partial charge >= 0.3 is 0 Å². The molecule has 1 aromatic heterocycles. The summed E-state index contributed by atoms with van der Waals surface area (Å²) < 4.78 is 0. The van der Waals surface area contributed by atoms with E-state index in [1.807, 2.05) is 13.0 Å². The van der Waals surface area contributed by atoms with Crippen LogP contribution in [-0.2, 0) is 0 Å². The second-order valence-corrected chi connectivity index (χ2v) is 3.69. The van der Waals surface area contributed by atoms with Gasteiger partial charge in [0, 0.05) is 6.20 Å². The Balaban J connectivity index is 2.20. The van der Waals surface area contributed by atoms with Crippen LogP contribution in [0.25, 0.3) is 0 Å². The molecule has 0 atom stereocenters. The molecule has 0 aliphatic rings. The highest BCUT2D eigenvalue weighted by atomic mass is 16.3. The minimum Gasteiger partial charge on any atom is -0.507 e. The third kappa shape index (κ3) is 2.60. The molecule has 4 nitrogen and oxygen atoms in total. The van der Waals surface area contributed by atoms with Crippen molar-refractivity contribution < 1.29 is 9.90 Å². The molecule has 1 amide bonds. The van der Waals surface area contributed by atoms with Crippen LogP contribution in [0.1, 0.15) is 15.9 Å². The van der Waals surface area contributed by atoms with Crippen LogP contribution in [0.5, 0.6) is 5.75 Å². The first-order valence-electron chi connectivity index (χ1n) is 5.19. The predicted molar refractivity (Wildman–Crippen MR) is 65.0 cm³/mol. The number of benzene rings is 1. The first-order valence-corrected chi connectivity index (χ1v) is 5.19. The molecule has 0 fully saturated rings. The van der Waals surface area contributed by atoms with Crippen LogP contribution < -0.4 is 5.32 Å². The number of carbonyl (C=O) groups is 1. The largest absolute Gasteiger partial charge is 0.507 e. The van der Waals surface area contributed by atoms with Crippen molar-refractivity contribution in [1.29, 1.82) is 0 Å². The van der Waals surface area contributed by atoms with Gasteiger partial charge in [0.25, 0.3) is 5.91 Å². The summed E-state index contributed by atoms with van der Waals surface area (Å²) in [6, 6.07) is 9.99. The number of carbonyl (C=O) groups excluding carboxylic acids is 1. The van der Waals surface area contributed by atoms with Crippen molar-refractivity contribution in [2.24, 2.45) is 0 Å². The van der Waals surface area contributed by atoms with Gasteiger partial charge in [0.2, 0.25) is 0 Å². The first kappa shape index (κ1) is 11.1. The average Bonchev–Trinajstić information content (AvgIpc) is 2.29. The topological polar surface area (TPSA) is 62.2 Å². The van der Waals surface area contributed by atoms with Gasteiger partial charge in [0.1, 0.15) is 11.6 Å². The molecule has 86 valence electrons. The fourth-order valence-corrected chi connectivity index (χ4v) is 1.45. The molecule has 0 bridgehead atoms. The Morgan fingerprint density at radius 3 is 2.76 bits per heavy atom. The molecule has 17 heavy (non-hydrogen) atoms. The monoisotopic (exact) mass is 228 g/mol. The van der Waals surface area contributed by atoms with Gasteiger partial charge in [0.15, 0.2) is 0 Å². The van der Waals surface area contributed by atoms with Crippen LogP contribution in [0.2, 0.25) is 0 Å². The van der Waals surface area contributed by atoms with E-state index < -0.39 is 0 Å². The van der Waals surface area contributed by atoms with Crippen molar-refractivity contribution in [3.63, 3.8) is 0 Å². The number of anilines is 1. The molecule has 0 unspecified atom stereocenters. The van der Waals surface area contributed by atoms with Crippen LogP contribution in [-0.4, -0.2) is 16.0 Å². The van der Waals surface area contributed by atoms with Crippen LogP contribution in [0.4, 0.5) is 5.82 Å². The summed E-state index contributed by atoms with van der Waals surface area (Å²) in [6.07, 6.45) is 1.62. The summed E-state index contributed by atoms with van der Waals surface area (Å²) in [4.78, 5) is 15.9. The summed E-state index contributed by atoms with van der Waals surface area (Å²) in [5.41, 5.74) is 1.24. The van der Waals surface area contributed by atoms with E-state index in [-0.39, 0.29) is 17.2 Å². The van der Waals surface area contributed by atoms with Gasteiger partial charge in [-0.2, -0.15) is 0 Å². The maximum absolute atomic E-state index is 11.8. The molecule has 0 spiro atoms. The molecule has 2 rings (SSSR count). The Labute approximate surface area is 98.9 Å². The van der Waals surface area contributed by atoms with Crippen LogP contribution in [0.3, 0.4) is 0 Å². The van der Waals surface area contributed by atoms with Gasteiger partial charge < -0.3 is 10.4 Å². The lowest BCUT2D eigenvalue weighted by molar-refractivity contribution is 0.102. The van der Waals surface area contributed by atoms with E-state index in [4.69, 9.17) is 0 Å². The highest BCUT2D eigenvalue weighted by Gasteiger charge is 2.10. The molecule has 2 aromatic rings. The Morgan fingerprint density at radius 2 is 2.06 bits per heavy atom. The Hall–Kier alpha value is -2.36. The van der Waals surface area contributed by atoms with E-state index in [0.717, 1.165) is 5.56 Å². The van der Waals surface area contributed by atoms with Crippen molar-refractivity contribution in [2.75, 3.05) is 5.32 Å². The molecule has 0 saturated carbocycles. The van der Waals surface area contributed by atoms with Gasteiger partial charge in [-0.3, -0.25) is 4.79 Å². The third-order valence-corrected chi connectivity index (χ3v) is 2.31. The van der Waals surface area contributed by atoms with Gasteiger partial charge in [-0.15, -0.1) is 0 Å². The van der Waals surface area contributed by atoms with E-state index in [1.165, 1.54) is 6.07 Å². The minimum atomic E-state index is -0.374. The van der Waals surface area contributed by atoms with Crippen molar-refractivity contribution in [3.05, 3.63) is 53.7 Å². The van der Waals surface area contributed by atoms with Crippen molar-refractivity contribution >= 4 is 11.7 Å². The van der Waals surface area contributed by atoms with E-state index in [9.17, 15) is 9.90 Å². The lowest BCUT2D eigenvalue weighted by Crippen LogP contribution is -2.13. The zero-order valence-corrected chi connectivity index (χ0v) is 9.34. The lowest BCUT2D eigenvalue weighted by atomic mass is 10.2. The first-order chi connectivity index (χ1) is 8.16. The van der Waals surface area contributed by atoms with E-state index in [0.29, 0.717) is 5.82 Å². The Morgan fingerprint density at radius 1 is 1.29 bits per heavy atom. The van der Waals surface area contributed by atoms with Crippen molar-refractivity contribution in [1.82, 2.24) is 4.98 Å². The number of nitrogens with one attached hydrogen (secondary N) is 1. The summed E-state index contributed by atoms with van der Waals surface area (Å²) in [7, 11) is 0. The predicted octanol–water partition coefficient (Wildman–Crippen LogP) is 2.35. The molecule has 1 heterocycles. The third-order valence-electron chi connectivity index (χ3n) is 2.31. The standard InChI is InChI=1S/C13H12N2O2/c1-9-6-7-14-12(8-9)15-13(17)10-4-2-3-5-11(10)16/h2-8,16H,1H3,(H,14,15,17). The zero-order chi connectivity index (χ0) is 12.3. The maximum Gasteiger partial charge on any atom is 0.260 e. The summed E-state index contributed by atoms with van der Waals surface area (Å²) in [5, 5.41) is 12.2. The number of amides is 1. The number of aromatic nitrogens is 1. The van der Waals surface area contributed by atoms with Gasteiger partial charge in [-0.05, 0) is 36.8 Å². The molecule has 0 radical (unpaired) electrons. The number of phenolic OH excluding ortho intramolecular Hbond substituents is 1. The fraction of sp³-hybridized carbons (Fsp3) is 0.0769. The fourth-order valence-electron chi connectivity index (χ4n) is 1.45. The number of phenols is 1. The molecule has 0 saturated heterocycles. The second kappa shape index (κ2) is 4.65. The van der Waals surface area contributed by atoms with Gasteiger partial charge in [-0.25, -0.2) is 4.98 Å². The number of hydrogen-bond acceptors (Lipinski definition) is 3.